The van der Waals surface area contributed by atoms with Crippen molar-refractivity contribution < 1.29 is 13.5 Å². The highest BCUT2D eigenvalue weighted by Crippen LogP contribution is 2.18. The lowest BCUT2D eigenvalue weighted by atomic mass is 9.93. The van der Waals surface area contributed by atoms with Gasteiger partial charge in [0.15, 0.2) is 0 Å². The molecule has 0 amide bonds. The van der Waals surface area contributed by atoms with Crippen molar-refractivity contribution >= 4 is 10.2 Å². The molecule has 15 heavy (non-hydrogen) atoms. The van der Waals surface area contributed by atoms with Gasteiger partial charge in [-0.3, -0.25) is 0 Å². The Morgan fingerprint density at radius 1 is 1.33 bits per heavy atom. The van der Waals surface area contributed by atoms with Gasteiger partial charge >= 0.3 is 0 Å². The van der Waals surface area contributed by atoms with E-state index in [4.69, 9.17) is 0 Å². The summed E-state index contributed by atoms with van der Waals surface area (Å²) in [5, 5.41) is 9.60. The molecule has 2 atom stereocenters. The molecule has 3 N–H and O–H groups in total. The van der Waals surface area contributed by atoms with E-state index < -0.39 is 16.3 Å². The van der Waals surface area contributed by atoms with Gasteiger partial charge < -0.3 is 5.11 Å². The second kappa shape index (κ2) is 5.79. The molecule has 2 unspecified atom stereocenters. The number of rotatable bonds is 5. The molecule has 5 nitrogen and oxygen atoms in total. The number of hydrogen-bond acceptors (Lipinski definition) is 3. The van der Waals surface area contributed by atoms with Crippen LogP contribution in [0, 0.1) is 0 Å². The largest absolute Gasteiger partial charge is 0.391 e. The predicted octanol–water partition coefficient (Wildman–Crippen LogP) is 0.124. The maximum atomic E-state index is 11.5. The molecule has 0 heterocycles. The van der Waals surface area contributed by atoms with Gasteiger partial charge in [0.25, 0.3) is 10.2 Å². The lowest BCUT2D eigenvalue weighted by Crippen LogP contribution is -2.49. The molecule has 0 aliphatic heterocycles. The van der Waals surface area contributed by atoms with E-state index in [9.17, 15) is 13.5 Å². The van der Waals surface area contributed by atoms with Gasteiger partial charge in [0, 0.05) is 12.6 Å². The molecule has 90 valence electrons. The molecule has 0 bridgehead atoms. The summed E-state index contributed by atoms with van der Waals surface area (Å²) in [7, 11) is -3.44. The van der Waals surface area contributed by atoms with Crippen molar-refractivity contribution in [2.24, 2.45) is 0 Å². The highest BCUT2D eigenvalue weighted by molar-refractivity contribution is 7.87. The molecular formula is C9H20N2O3S. The van der Waals surface area contributed by atoms with Crippen LogP contribution in [0.1, 0.15) is 39.0 Å². The summed E-state index contributed by atoms with van der Waals surface area (Å²) in [6.45, 7) is 2.33. The third kappa shape index (κ3) is 4.46. The normalized spacial score (nSPS) is 27.9. The first-order chi connectivity index (χ1) is 7.05. The molecular weight excluding hydrogens is 216 g/mol. The maximum Gasteiger partial charge on any atom is 0.277 e. The highest BCUT2D eigenvalue weighted by Gasteiger charge is 2.26. The monoisotopic (exact) mass is 236 g/mol. The predicted molar refractivity (Wildman–Crippen MR) is 58.6 cm³/mol. The van der Waals surface area contributed by atoms with E-state index in [1.807, 2.05) is 6.92 Å². The molecule has 1 rings (SSSR count). The van der Waals surface area contributed by atoms with Crippen molar-refractivity contribution in [2.75, 3.05) is 6.54 Å². The summed E-state index contributed by atoms with van der Waals surface area (Å²) in [5.41, 5.74) is 0. The zero-order valence-corrected chi connectivity index (χ0v) is 9.89. The summed E-state index contributed by atoms with van der Waals surface area (Å²) in [5.74, 6) is 0. The van der Waals surface area contributed by atoms with Crippen LogP contribution in [-0.2, 0) is 10.2 Å². The zero-order valence-electron chi connectivity index (χ0n) is 9.07. The Bertz CT molecular complexity index is 279. The van der Waals surface area contributed by atoms with Gasteiger partial charge in [-0.1, -0.05) is 19.8 Å². The van der Waals surface area contributed by atoms with Crippen LogP contribution in [0.3, 0.4) is 0 Å². The maximum absolute atomic E-state index is 11.5. The van der Waals surface area contributed by atoms with Gasteiger partial charge in [0.2, 0.25) is 0 Å². The van der Waals surface area contributed by atoms with E-state index in [2.05, 4.69) is 9.44 Å². The first kappa shape index (κ1) is 12.9. The first-order valence-electron chi connectivity index (χ1n) is 5.50. The first-order valence-corrected chi connectivity index (χ1v) is 6.98. The Morgan fingerprint density at radius 2 is 2.00 bits per heavy atom. The van der Waals surface area contributed by atoms with Crippen molar-refractivity contribution in [3.8, 4) is 0 Å². The van der Waals surface area contributed by atoms with Crippen LogP contribution in [0.2, 0.25) is 0 Å². The Kier molecular flexibility index (Phi) is 4.98. The lowest BCUT2D eigenvalue weighted by molar-refractivity contribution is 0.101. The van der Waals surface area contributed by atoms with Crippen molar-refractivity contribution in [3.63, 3.8) is 0 Å². The number of nitrogens with one attached hydrogen (secondary N) is 2. The minimum atomic E-state index is -3.44. The molecule has 1 aliphatic carbocycles. The van der Waals surface area contributed by atoms with Gasteiger partial charge in [0.05, 0.1) is 6.10 Å². The third-order valence-electron chi connectivity index (χ3n) is 2.58. The highest BCUT2D eigenvalue weighted by atomic mass is 32.2. The molecule has 0 radical (unpaired) electrons. The molecule has 0 spiro atoms. The molecule has 0 aromatic carbocycles. The Balaban J connectivity index is 2.44. The molecule has 0 aromatic rings. The van der Waals surface area contributed by atoms with Gasteiger partial charge in [-0.25, -0.2) is 4.72 Å². The van der Waals surface area contributed by atoms with Crippen molar-refractivity contribution in [3.05, 3.63) is 0 Å². The van der Waals surface area contributed by atoms with Crippen molar-refractivity contribution in [1.29, 1.82) is 0 Å². The minimum Gasteiger partial charge on any atom is -0.391 e. The Labute approximate surface area is 91.4 Å². The van der Waals surface area contributed by atoms with Crippen LogP contribution in [0.4, 0.5) is 0 Å². The third-order valence-corrected chi connectivity index (χ3v) is 3.78. The van der Waals surface area contributed by atoms with Crippen molar-refractivity contribution in [1.82, 2.24) is 9.44 Å². The second-order valence-corrected chi connectivity index (χ2v) is 5.51. The zero-order chi connectivity index (χ0) is 11.3. The fourth-order valence-corrected chi connectivity index (χ4v) is 2.96. The van der Waals surface area contributed by atoms with Crippen LogP contribution < -0.4 is 9.44 Å². The minimum absolute atomic E-state index is 0.326. The fourth-order valence-electron chi connectivity index (χ4n) is 1.73. The van der Waals surface area contributed by atoms with Gasteiger partial charge in [-0.2, -0.15) is 13.1 Å². The lowest BCUT2D eigenvalue weighted by Gasteiger charge is -2.28. The molecule has 0 saturated heterocycles. The van der Waals surface area contributed by atoms with Gasteiger partial charge in [-0.05, 0) is 19.3 Å². The molecule has 1 saturated carbocycles. The average molecular weight is 236 g/mol. The number of hydrogen-bond donors (Lipinski definition) is 3. The van der Waals surface area contributed by atoms with E-state index in [1.165, 1.54) is 0 Å². The van der Waals surface area contributed by atoms with E-state index in [1.54, 1.807) is 0 Å². The van der Waals surface area contributed by atoms with Crippen LogP contribution in [0.15, 0.2) is 0 Å². The average Bonchev–Trinajstić information content (AvgIpc) is 2.18. The van der Waals surface area contributed by atoms with E-state index in [-0.39, 0.29) is 6.04 Å². The van der Waals surface area contributed by atoms with Crippen LogP contribution >= 0.6 is 0 Å². The smallest absolute Gasteiger partial charge is 0.277 e. The van der Waals surface area contributed by atoms with Gasteiger partial charge in [0.1, 0.15) is 0 Å². The van der Waals surface area contributed by atoms with Crippen LogP contribution in [0.5, 0.6) is 0 Å². The number of aliphatic hydroxyl groups is 1. The molecule has 0 aromatic heterocycles. The summed E-state index contributed by atoms with van der Waals surface area (Å²) in [6.07, 6.45) is 3.56. The standard InChI is InChI=1S/C9H20N2O3S/c1-2-7-10-15(13,14)11-8-5-3-4-6-9(8)12/h8-12H,2-7H2,1H3. The summed E-state index contributed by atoms with van der Waals surface area (Å²) in [4.78, 5) is 0. The van der Waals surface area contributed by atoms with E-state index in [0.29, 0.717) is 19.4 Å². The van der Waals surface area contributed by atoms with E-state index in [0.717, 1.165) is 19.3 Å². The van der Waals surface area contributed by atoms with Gasteiger partial charge in [-0.15, -0.1) is 0 Å². The quantitative estimate of drug-likeness (QED) is 0.634. The van der Waals surface area contributed by atoms with Crippen molar-refractivity contribution in [2.45, 2.75) is 51.2 Å². The molecule has 1 aliphatic rings. The molecule has 1 fully saturated rings. The Hall–Kier alpha value is -0.170. The SMILES string of the molecule is CCCNS(=O)(=O)NC1CCCCC1O. The second-order valence-electron chi connectivity index (χ2n) is 3.97. The van der Waals surface area contributed by atoms with E-state index >= 15 is 0 Å². The van der Waals surface area contributed by atoms with Crippen LogP contribution in [-0.4, -0.2) is 32.2 Å². The summed E-state index contributed by atoms with van der Waals surface area (Å²) >= 11 is 0. The fraction of sp³-hybridized carbons (Fsp3) is 1.00. The van der Waals surface area contributed by atoms with Crippen LogP contribution in [0.25, 0.3) is 0 Å². The number of aliphatic hydroxyl groups excluding tert-OH is 1. The topological polar surface area (TPSA) is 78.4 Å². The summed E-state index contributed by atoms with van der Waals surface area (Å²) < 4.78 is 27.9. The molecule has 6 heteroatoms. The Morgan fingerprint density at radius 3 is 2.60 bits per heavy atom. The summed E-state index contributed by atoms with van der Waals surface area (Å²) in [6, 6.07) is -0.326.